The van der Waals surface area contributed by atoms with Gasteiger partial charge in [0.25, 0.3) is 5.69 Å². The van der Waals surface area contributed by atoms with Crippen LogP contribution in [0.4, 0.5) is 11.5 Å². The van der Waals surface area contributed by atoms with Crippen LogP contribution in [0.25, 0.3) is 0 Å². The van der Waals surface area contributed by atoms with Crippen LogP contribution >= 0.6 is 0 Å². The van der Waals surface area contributed by atoms with E-state index in [1.165, 1.54) is 17.3 Å². The molecule has 1 aromatic rings. The Morgan fingerprint density at radius 1 is 1.44 bits per heavy atom. The van der Waals surface area contributed by atoms with E-state index in [4.69, 9.17) is 0 Å². The van der Waals surface area contributed by atoms with Gasteiger partial charge in [-0.15, -0.1) is 0 Å². The van der Waals surface area contributed by atoms with Gasteiger partial charge in [0.2, 0.25) is 0 Å². The van der Waals surface area contributed by atoms with Crippen molar-refractivity contribution < 1.29 is 4.92 Å². The summed E-state index contributed by atoms with van der Waals surface area (Å²) in [4.78, 5) is 15.6. The summed E-state index contributed by atoms with van der Waals surface area (Å²) in [6, 6.07) is 2.94. The minimum atomic E-state index is -0.486. The molecule has 0 aliphatic heterocycles. The number of pyridine rings is 1. The number of hydrogen-bond acceptors (Lipinski definition) is 5. The van der Waals surface area contributed by atoms with Crippen LogP contribution in [0.1, 0.15) is 0 Å². The first-order valence-corrected chi connectivity index (χ1v) is 4.55. The van der Waals surface area contributed by atoms with E-state index in [9.17, 15) is 10.1 Å². The van der Waals surface area contributed by atoms with Gasteiger partial charge in [-0.3, -0.25) is 10.1 Å². The molecule has 1 aromatic heterocycles. The lowest BCUT2D eigenvalue weighted by Crippen LogP contribution is -2.15. The molecular formula is C9H13N5O2. The standard InChI is InChI=1S/C9H13N5O2/c1-12(2)7-11-13(3)9-5-4-8(6-10-9)14(15)16/h4-7H,1-3H3/b11-7+. The molecule has 0 atom stereocenters. The molecule has 0 amide bonds. The second kappa shape index (κ2) is 5.06. The second-order valence-electron chi connectivity index (χ2n) is 3.35. The molecule has 0 saturated heterocycles. The van der Waals surface area contributed by atoms with E-state index in [0.29, 0.717) is 5.82 Å². The van der Waals surface area contributed by atoms with Crippen molar-refractivity contribution in [3.63, 3.8) is 0 Å². The Balaban J connectivity index is 2.77. The topological polar surface area (TPSA) is 74.9 Å². The van der Waals surface area contributed by atoms with E-state index < -0.39 is 4.92 Å². The highest BCUT2D eigenvalue weighted by molar-refractivity contribution is 5.56. The number of hydrazone groups is 1. The zero-order valence-corrected chi connectivity index (χ0v) is 9.36. The van der Waals surface area contributed by atoms with Crippen molar-refractivity contribution in [2.24, 2.45) is 5.10 Å². The predicted octanol–water partition coefficient (Wildman–Crippen LogP) is 0.931. The van der Waals surface area contributed by atoms with Crippen LogP contribution in [-0.4, -0.2) is 42.3 Å². The Kier molecular flexibility index (Phi) is 3.76. The first-order valence-electron chi connectivity index (χ1n) is 4.55. The van der Waals surface area contributed by atoms with Crippen molar-refractivity contribution in [1.82, 2.24) is 9.88 Å². The van der Waals surface area contributed by atoms with Gasteiger partial charge in [0.15, 0.2) is 0 Å². The lowest BCUT2D eigenvalue weighted by Gasteiger charge is -2.12. The normalized spacial score (nSPS) is 10.4. The quantitative estimate of drug-likeness (QED) is 0.328. The van der Waals surface area contributed by atoms with Gasteiger partial charge in [-0.05, 0) is 6.07 Å². The minimum Gasteiger partial charge on any atom is -0.367 e. The Morgan fingerprint density at radius 3 is 2.56 bits per heavy atom. The van der Waals surface area contributed by atoms with Gasteiger partial charge < -0.3 is 4.90 Å². The molecule has 86 valence electrons. The summed E-state index contributed by atoms with van der Waals surface area (Å²) in [5.41, 5.74) is -0.0336. The molecule has 0 fully saturated rings. The lowest BCUT2D eigenvalue weighted by molar-refractivity contribution is -0.385. The van der Waals surface area contributed by atoms with Crippen LogP contribution in [0.15, 0.2) is 23.4 Å². The molecule has 0 spiro atoms. The van der Waals surface area contributed by atoms with Gasteiger partial charge in [0.05, 0.1) is 4.92 Å². The predicted molar refractivity (Wildman–Crippen MR) is 61.5 cm³/mol. The van der Waals surface area contributed by atoms with Crippen molar-refractivity contribution in [3.8, 4) is 0 Å². The minimum absolute atomic E-state index is 0.0336. The largest absolute Gasteiger partial charge is 0.367 e. The maximum atomic E-state index is 10.4. The summed E-state index contributed by atoms with van der Waals surface area (Å²) < 4.78 is 0. The molecule has 0 aliphatic rings. The number of rotatable bonds is 4. The SMILES string of the molecule is CN(C)/C=N/N(C)c1ccc([N+](=O)[O-])cn1. The molecule has 0 saturated carbocycles. The second-order valence-corrected chi connectivity index (χ2v) is 3.35. The van der Waals surface area contributed by atoms with Gasteiger partial charge in [-0.1, -0.05) is 0 Å². The van der Waals surface area contributed by atoms with Crippen molar-refractivity contribution >= 4 is 17.8 Å². The number of hydrogen-bond donors (Lipinski definition) is 0. The summed E-state index contributed by atoms with van der Waals surface area (Å²) in [5, 5.41) is 16.0. The van der Waals surface area contributed by atoms with Crippen LogP contribution in [0.2, 0.25) is 0 Å². The Labute approximate surface area is 93.1 Å². The van der Waals surface area contributed by atoms with Gasteiger partial charge >= 0.3 is 0 Å². The highest BCUT2D eigenvalue weighted by Gasteiger charge is 2.06. The summed E-state index contributed by atoms with van der Waals surface area (Å²) in [5.74, 6) is 0.545. The number of nitro groups is 1. The Hall–Kier alpha value is -2.18. The molecule has 0 N–H and O–H groups in total. The highest BCUT2D eigenvalue weighted by Crippen LogP contribution is 2.14. The fourth-order valence-corrected chi connectivity index (χ4v) is 0.918. The molecule has 0 unspecified atom stereocenters. The summed E-state index contributed by atoms with van der Waals surface area (Å²) in [6.07, 6.45) is 2.82. The van der Waals surface area contributed by atoms with Crippen LogP contribution in [0, 0.1) is 10.1 Å². The first-order chi connectivity index (χ1) is 7.50. The van der Waals surface area contributed by atoms with Crippen LogP contribution in [0.3, 0.4) is 0 Å². The van der Waals surface area contributed by atoms with Crippen LogP contribution in [-0.2, 0) is 0 Å². The van der Waals surface area contributed by atoms with E-state index in [2.05, 4.69) is 10.1 Å². The maximum Gasteiger partial charge on any atom is 0.287 e. The lowest BCUT2D eigenvalue weighted by atomic mass is 10.4. The van der Waals surface area contributed by atoms with Crippen LogP contribution < -0.4 is 5.01 Å². The third-order valence-corrected chi connectivity index (χ3v) is 1.73. The fourth-order valence-electron chi connectivity index (χ4n) is 0.918. The molecule has 0 bridgehead atoms. The number of anilines is 1. The molecule has 0 radical (unpaired) electrons. The number of aromatic nitrogens is 1. The van der Waals surface area contributed by atoms with Crippen molar-refractivity contribution in [3.05, 3.63) is 28.4 Å². The van der Waals surface area contributed by atoms with Crippen LogP contribution in [0.5, 0.6) is 0 Å². The molecule has 0 aliphatic carbocycles. The zero-order valence-electron chi connectivity index (χ0n) is 9.36. The van der Waals surface area contributed by atoms with Crippen molar-refractivity contribution in [2.45, 2.75) is 0 Å². The van der Waals surface area contributed by atoms with Gasteiger partial charge in [0.1, 0.15) is 18.4 Å². The first kappa shape index (κ1) is 11.9. The third-order valence-electron chi connectivity index (χ3n) is 1.73. The van der Waals surface area contributed by atoms with E-state index >= 15 is 0 Å². The van der Waals surface area contributed by atoms with Crippen molar-refractivity contribution in [1.29, 1.82) is 0 Å². The van der Waals surface area contributed by atoms with Gasteiger partial charge in [-0.25, -0.2) is 9.99 Å². The molecule has 7 nitrogen and oxygen atoms in total. The average molecular weight is 223 g/mol. The molecule has 1 heterocycles. The zero-order chi connectivity index (χ0) is 12.1. The number of nitrogens with zero attached hydrogens (tertiary/aromatic N) is 5. The smallest absolute Gasteiger partial charge is 0.287 e. The van der Waals surface area contributed by atoms with Gasteiger partial charge in [0, 0.05) is 27.2 Å². The maximum absolute atomic E-state index is 10.4. The molecule has 16 heavy (non-hydrogen) atoms. The third kappa shape index (κ3) is 3.19. The van der Waals surface area contributed by atoms with Crippen molar-refractivity contribution in [2.75, 3.05) is 26.2 Å². The highest BCUT2D eigenvalue weighted by atomic mass is 16.6. The Bertz CT molecular complexity index is 387. The Morgan fingerprint density at radius 2 is 2.12 bits per heavy atom. The van der Waals surface area contributed by atoms with E-state index in [1.807, 2.05) is 14.1 Å². The van der Waals surface area contributed by atoms with E-state index in [0.717, 1.165) is 0 Å². The summed E-state index contributed by atoms with van der Waals surface area (Å²) in [7, 11) is 5.41. The van der Waals surface area contributed by atoms with E-state index in [-0.39, 0.29) is 5.69 Å². The molecular weight excluding hydrogens is 210 g/mol. The van der Waals surface area contributed by atoms with E-state index in [1.54, 1.807) is 24.4 Å². The fraction of sp³-hybridized carbons (Fsp3) is 0.333. The molecule has 0 aromatic carbocycles. The average Bonchev–Trinajstić information content (AvgIpc) is 2.26. The molecule has 7 heteroatoms. The molecule has 1 rings (SSSR count). The monoisotopic (exact) mass is 223 g/mol. The summed E-state index contributed by atoms with van der Waals surface area (Å²) >= 11 is 0. The summed E-state index contributed by atoms with van der Waals surface area (Å²) in [6.45, 7) is 0. The van der Waals surface area contributed by atoms with Gasteiger partial charge in [-0.2, -0.15) is 5.10 Å².